The maximum Gasteiger partial charge on any atom is 0.144 e. The van der Waals surface area contributed by atoms with E-state index in [2.05, 4.69) is 41.5 Å². The Labute approximate surface area is 252 Å². The highest BCUT2D eigenvalue weighted by Gasteiger charge is 2.60. The zero-order valence-electron chi connectivity index (χ0n) is 25.9. The fourth-order valence-corrected chi connectivity index (χ4v) is 12.7. The molecular formula is C34H56O4S2. The second-order valence-electron chi connectivity index (χ2n) is 16.2. The second kappa shape index (κ2) is 12.2. The number of hydrogen-bond donors (Lipinski definition) is 2. The first-order valence-corrected chi connectivity index (χ1v) is 18.4. The molecule has 8 unspecified atom stereocenters. The first-order valence-electron chi connectivity index (χ1n) is 16.5. The molecule has 5 aliphatic rings. The SMILES string of the molecule is CC(C)(C)C1CCC(SC2CCC(SC3CCC(C(C)(C)C)CC3)C3C(=O)C4C(O)CCC(O)C4C(=O)C23)CC1. The normalized spacial score (nSPS) is 45.1. The summed E-state index contributed by atoms with van der Waals surface area (Å²) in [4.78, 5) is 28.6. The highest BCUT2D eigenvalue weighted by Crippen LogP contribution is 2.55. The smallest absolute Gasteiger partial charge is 0.144 e. The van der Waals surface area contributed by atoms with Crippen LogP contribution in [0.4, 0.5) is 0 Å². The van der Waals surface area contributed by atoms with Crippen molar-refractivity contribution in [1.29, 1.82) is 0 Å². The molecule has 8 atom stereocenters. The molecule has 0 saturated heterocycles. The molecule has 0 aromatic heterocycles. The highest BCUT2D eigenvalue weighted by atomic mass is 32.2. The van der Waals surface area contributed by atoms with Gasteiger partial charge in [0.15, 0.2) is 0 Å². The summed E-state index contributed by atoms with van der Waals surface area (Å²) in [5, 5.41) is 23.3. The van der Waals surface area contributed by atoms with Gasteiger partial charge in [-0.15, -0.1) is 0 Å². The standard InChI is InChI=1S/C34H56O4S2/c1-33(2,3)19-7-11-21(12-8-19)39-25-17-18-26(40-22-13-9-20(10-14-22)34(4,5)6)30-29(25)31(37)27-23(35)15-16-24(36)28(27)32(30)38/h19-30,35-36H,7-18H2,1-6H3. The lowest BCUT2D eigenvalue weighted by Crippen LogP contribution is -2.62. The molecule has 5 rings (SSSR count). The van der Waals surface area contributed by atoms with Gasteiger partial charge in [0.05, 0.1) is 24.0 Å². The Morgan fingerprint density at radius 3 is 1.12 bits per heavy atom. The molecule has 228 valence electrons. The van der Waals surface area contributed by atoms with Gasteiger partial charge in [0, 0.05) is 32.8 Å². The monoisotopic (exact) mass is 592 g/mol. The van der Waals surface area contributed by atoms with Crippen LogP contribution >= 0.6 is 23.5 Å². The van der Waals surface area contributed by atoms with Crippen molar-refractivity contribution in [3.8, 4) is 0 Å². The maximum absolute atomic E-state index is 14.3. The van der Waals surface area contributed by atoms with E-state index in [0.29, 0.717) is 34.2 Å². The third kappa shape index (κ3) is 6.41. The summed E-state index contributed by atoms with van der Waals surface area (Å²) in [6, 6.07) is 0. The largest absolute Gasteiger partial charge is 0.392 e. The van der Waals surface area contributed by atoms with E-state index in [-0.39, 0.29) is 33.9 Å². The molecule has 2 N–H and O–H groups in total. The third-order valence-electron chi connectivity index (χ3n) is 11.7. The summed E-state index contributed by atoms with van der Waals surface area (Å²) in [5.41, 5.74) is 0.696. The predicted octanol–water partition coefficient (Wildman–Crippen LogP) is 7.33. The van der Waals surface area contributed by atoms with E-state index in [0.717, 1.165) is 24.7 Å². The lowest BCUT2D eigenvalue weighted by Gasteiger charge is -2.52. The lowest BCUT2D eigenvalue weighted by molar-refractivity contribution is -0.163. The fourth-order valence-electron chi connectivity index (χ4n) is 9.16. The van der Waals surface area contributed by atoms with Gasteiger partial charge in [-0.1, -0.05) is 41.5 Å². The number of Topliss-reactive ketones (excluding diaryl/α,β-unsaturated/α-hetero) is 2. The van der Waals surface area contributed by atoms with Crippen LogP contribution in [0.15, 0.2) is 0 Å². The average molecular weight is 593 g/mol. The molecular weight excluding hydrogens is 537 g/mol. The summed E-state index contributed by atoms with van der Waals surface area (Å²) >= 11 is 4.02. The van der Waals surface area contributed by atoms with Gasteiger partial charge in [0.2, 0.25) is 0 Å². The van der Waals surface area contributed by atoms with Crippen molar-refractivity contribution in [3.05, 3.63) is 0 Å². The van der Waals surface area contributed by atoms with Crippen LogP contribution in [0.25, 0.3) is 0 Å². The molecule has 0 bridgehead atoms. The Hall–Kier alpha value is -0.0400. The van der Waals surface area contributed by atoms with Crippen molar-refractivity contribution in [3.63, 3.8) is 0 Å². The van der Waals surface area contributed by atoms with E-state index in [1.807, 2.05) is 23.5 Å². The molecule has 0 amide bonds. The van der Waals surface area contributed by atoms with Gasteiger partial charge in [-0.25, -0.2) is 0 Å². The lowest BCUT2D eigenvalue weighted by atomic mass is 9.56. The maximum atomic E-state index is 14.3. The van der Waals surface area contributed by atoms with Gasteiger partial charge >= 0.3 is 0 Å². The zero-order valence-corrected chi connectivity index (χ0v) is 27.6. The van der Waals surface area contributed by atoms with Crippen LogP contribution < -0.4 is 0 Å². The minimum atomic E-state index is -0.792. The first kappa shape index (κ1) is 31.4. The van der Waals surface area contributed by atoms with Gasteiger partial charge in [0.25, 0.3) is 0 Å². The number of aliphatic hydroxyl groups is 2. The van der Waals surface area contributed by atoms with Crippen LogP contribution in [0.2, 0.25) is 0 Å². The van der Waals surface area contributed by atoms with E-state index in [9.17, 15) is 19.8 Å². The molecule has 0 heterocycles. The Kier molecular flexibility index (Phi) is 9.54. The average Bonchev–Trinajstić information content (AvgIpc) is 2.89. The minimum Gasteiger partial charge on any atom is -0.392 e. The Bertz CT molecular complexity index is 832. The molecule has 5 saturated carbocycles. The molecule has 40 heavy (non-hydrogen) atoms. The molecule has 0 aliphatic heterocycles. The van der Waals surface area contributed by atoms with Crippen LogP contribution in [0.3, 0.4) is 0 Å². The van der Waals surface area contributed by atoms with Crippen LogP contribution in [-0.4, -0.2) is 55.0 Å². The van der Waals surface area contributed by atoms with E-state index in [4.69, 9.17) is 0 Å². The number of hydrogen-bond acceptors (Lipinski definition) is 6. The van der Waals surface area contributed by atoms with Crippen molar-refractivity contribution in [2.45, 2.75) is 152 Å². The summed E-state index contributed by atoms with van der Waals surface area (Å²) in [6.45, 7) is 14.1. The van der Waals surface area contributed by atoms with E-state index in [1.165, 1.54) is 51.4 Å². The number of carbonyl (C=O) groups is 2. The Balaban J connectivity index is 1.33. The van der Waals surface area contributed by atoms with Crippen LogP contribution in [-0.2, 0) is 9.59 Å². The van der Waals surface area contributed by atoms with Crippen molar-refractivity contribution >= 4 is 35.1 Å². The number of ketones is 2. The van der Waals surface area contributed by atoms with Gasteiger partial charge in [-0.2, -0.15) is 23.5 Å². The number of rotatable bonds is 4. The topological polar surface area (TPSA) is 74.6 Å². The van der Waals surface area contributed by atoms with Crippen LogP contribution in [0.1, 0.15) is 119 Å². The van der Waals surface area contributed by atoms with E-state index < -0.39 is 24.0 Å². The third-order valence-corrected chi connectivity index (χ3v) is 15.2. The molecule has 4 nitrogen and oxygen atoms in total. The number of thioether (sulfide) groups is 2. The molecule has 5 fully saturated rings. The Morgan fingerprint density at radius 1 is 0.500 bits per heavy atom. The van der Waals surface area contributed by atoms with Gasteiger partial charge in [0.1, 0.15) is 11.6 Å². The fraction of sp³-hybridized carbons (Fsp3) is 0.941. The summed E-state index contributed by atoms with van der Waals surface area (Å²) in [6.07, 6.45) is 11.0. The minimum absolute atomic E-state index is 0.100. The predicted molar refractivity (Wildman–Crippen MR) is 168 cm³/mol. The molecule has 0 radical (unpaired) electrons. The van der Waals surface area contributed by atoms with Gasteiger partial charge < -0.3 is 10.2 Å². The summed E-state index contributed by atoms with van der Waals surface area (Å²) < 4.78 is 0. The van der Waals surface area contributed by atoms with Crippen molar-refractivity contribution in [2.24, 2.45) is 46.3 Å². The molecule has 0 aromatic carbocycles. The summed E-state index contributed by atoms with van der Waals surface area (Å²) in [5.74, 6) is -0.281. The van der Waals surface area contributed by atoms with Gasteiger partial charge in [-0.3, -0.25) is 9.59 Å². The highest BCUT2D eigenvalue weighted by molar-refractivity contribution is 8.01. The number of carbonyl (C=O) groups excluding carboxylic acids is 2. The molecule has 0 aromatic rings. The molecule has 5 aliphatic carbocycles. The van der Waals surface area contributed by atoms with Crippen molar-refractivity contribution in [2.75, 3.05) is 0 Å². The first-order chi connectivity index (χ1) is 18.8. The van der Waals surface area contributed by atoms with E-state index >= 15 is 0 Å². The molecule has 6 heteroatoms. The Morgan fingerprint density at radius 2 is 0.825 bits per heavy atom. The van der Waals surface area contributed by atoms with E-state index in [1.54, 1.807) is 0 Å². The van der Waals surface area contributed by atoms with Crippen LogP contribution in [0, 0.1) is 46.3 Å². The molecule has 0 spiro atoms. The van der Waals surface area contributed by atoms with Crippen molar-refractivity contribution < 1.29 is 19.8 Å². The zero-order chi connectivity index (χ0) is 29.0. The summed E-state index contributed by atoms with van der Waals surface area (Å²) in [7, 11) is 0. The number of fused-ring (bicyclic) bond motifs is 2. The number of aliphatic hydroxyl groups excluding tert-OH is 2. The van der Waals surface area contributed by atoms with Crippen molar-refractivity contribution in [1.82, 2.24) is 0 Å². The quantitative estimate of drug-likeness (QED) is 0.356. The second-order valence-corrected chi connectivity index (χ2v) is 19.3. The van der Waals surface area contributed by atoms with Crippen LogP contribution in [0.5, 0.6) is 0 Å². The van der Waals surface area contributed by atoms with Gasteiger partial charge in [-0.05, 0) is 99.7 Å².